The molecule has 0 aromatic carbocycles. The Bertz CT molecular complexity index is 1430. The molecule has 3 heterocycles. The fourth-order valence-electron chi connectivity index (χ4n) is 9.39. The molecule has 13 nitrogen and oxygen atoms in total. The number of amides is 1. The summed E-state index contributed by atoms with van der Waals surface area (Å²) in [6.07, 6.45) is 3.72. The second kappa shape index (κ2) is 20.4. The quantitative estimate of drug-likeness (QED) is 0.196. The lowest BCUT2D eigenvalue weighted by Gasteiger charge is -2.47. The lowest BCUT2D eigenvalue weighted by molar-refractivity contribution is -0.302. The number of carbonyl (C=O) groups excluding carboxylic acids is 4. The maximum absolute atomic E-state index is 14.3. The van der Waals surface area contributed by atoms with Crippen molar-refractivity contribution in [1.82, 2.24) is 4.90 Å². The minimum atomic E-state index is -2.50. The van der Waals surface area contributed by atoms with E-state index in [0.717, 1.165) is 5.57 Å². The summed E-state index contributed by atoms with van der Waals surface area (Å²) in [6, 6.07) is -1.13. The number of hydrogen-bond donors (Lipinski definition) is 3. The number of rotatable bonds is 6. The number of allylic oxidation sites excluding steroid dienone is 3. The number of aliphatic hydroxyl groups excluding tert-OH is 2. The maximum Gasteiger partial charge on any atom is 0.329 e. The highest BCUT2D eigenvalue weighted by atomic mass is 16.7. The molecule has 1 aliphatic carbocycles. The van der Waals surface area contributed by atoms with Crippen LogP contribution in [-0.2, 0) is 42.9 Å². The highest BCUT2D eigenvalue weighted by Gasteiger charge is 2.56. The number of carbonyl (C=O) groups is 4. The third-order valence-corrected chi connectivity index (χ3v) is 12.9. The lowest BCUT2D eigenvalue weighted by atomic mass is 9.81. The molecular formula is C43H69NO12. The van der Waals surface area contributed by atoms with Crippen molar-refractivity contribution in [2.75, 3.05) is 27.9 Å². The Labute approximate surface area is 333 Å². The number of esters is 1. The van der Waals surface area contributed by atoms with Crippen LogP contribution >= 0.6 is 0 Å². The molecule has 14 atom stereocenters. The van der Waals surface area contributed by atoms with E-state index in [2.05, 4.69) is 6.92 Å². The summed E-state index contributed by atoms with van der Waals surface area (Å²) < 4.78 is 29.7. The summed E-state index contributed by atoms with van der Waals surface area (Å²) in [4.78, 5) is 57.6. The molecule has 1 amide bonds. The molecule has 0 unspecified atom stereocenters. The SMILES string of the molecule is CC[C@@H]1/C=C(\C)C[C@H](C)C[C@H](OC)[C@H]2O[C@@](O)(C(=O)C(=O)N3CCCC[C@H]3C(=O)O[C@H](/C(C)=C/[C@@H]3CC[C@@H](O)[C@H](OC)C3)[C@H](C)[C@H](O)CC1=O)[C@H](C)C[C@@H]2OC. The van der Waals surface area contributed by atoms with Gasteiger partial charge in [-0.3, -0.25) is 14.4 Å². The number of ether oxygens (including phenoxy) is 5. The smallest absolute Gasteiger partial charge is 0.329 e. The molecule has 2 saturated heterocycles. The first-order chi connectivity index (χ1) is 26.5. The average Bonchev–Trinajstić information content (AvgIpc) is 3.18. The zero-order valence-electron chi connectivity index (χ0n) is 35.1. The topological polar surface area (TPSA) is 178 Å². The number of aliphatic hydroxyl groups is 3. The fourth-order valence-corrected chi connectivity index (χ4v) is 9.39. The highest BCUT2D eigenvalue weighted by molar-refractivity contribution is 6.39. The van der Waals surface area contributed by atoms with Crippen molar-refractivity contribution in [3.8, 4) is 0 Å². The summed E-state index contributed by atoms with van der Waals surface area (Å²) >= 11 is 0. The van der Waals surface area contributed by atoms with E-state index in [-0.39, 0.29) is 49.5 Å². The molecule has 0 spiro atoms. The summed E-state index contributed by atoms with van der Waals surface area (Å²) in [6.45, 7) is 11.3. The summed E-state index contributed by atoms with van der Waals surface area (Å²) in [5.74, 6) is -7.50. The van der Waals surface area contributed by atoms with Gasteiger partial charge >= 0.3 is 5.97 Å². The van der Waals surface area contributed by atoms with E-state index in [1.54, 1.807) is 21.0 Å². The highest BCUT2D eigenvalue weighted by Crippen LogP contribution is 2.39. The van der Waals surface area contributed by atoms with Gasteiger partial charge in [0.15, 0.2) is 0 Å². The van der Waals surface area contributed by atoms with Crippen molar-refractivity contribution in [2.45, 2.75) is 167 Å². The molecule has 3 aliphatic heterocycles. The first-order valence-corrected chi connectivity index (χ1v) is 20.8. The predicted molar refractivity (Wildman–Crippen MR) is 208 cm³/mol. The summed E-state index contributed by atoms with van der Waals surface area (Å²) in [5, 5.41) is 34.1. The van der Waals surface area contributed by atoms with E-state index in [1.807, 2.05) is 32.9 Å². The van der Waals surface area contributed by atoms with E-state index >= 15 is 0 Å². The molecule has 1 saturated carbocycles. The van der Waals surface area contributed by atoms with Crippen LogP contribution in [0.5, 0.6) is 0 Å². The van der Waals surface area contributed by atoms with Gasteiger partial charge in [0.2, 0.25) is 5.79 Å². The first-order valence-electron chi connectivity index (χ1n) is 20.8. The molecule has 318 valence electrons. The molecule has 56 heavy (non-hydrogen) atoms. The van der Waals surface area contributed by atoms with Gasteiger partial charge in [0.05, 0.1) is 30.5 Å². The van der Waals surface area contributed by atoms with Crippen molar-refractivity contribution in [1.29, 1.82) is 0 Å². The number of methoxy groups -OCH3 is 3. The van der Waals surface area contributed by atoms with Gasteiger partial charge in [0.25, 0.3) is 11.7 Å². The van der Waals surface area contributed by atoms with Crippen LogP contribution in [-0.4, -0.2) is 126 Å². The van der Waals surface area contributed by atoms with E-state index in [9.17, 15) is 34.5 Å². The van der Waals surface area contributed by atoms with Gasteiger partial charge in [-0.25, -0.2) is 4.79 Å². The third-order valence-electron chi connectivity index (χ3n) is 12.9. The van der Waals surface area contributed by atoms with Crippen LogP contribution in [0.4, 0.5) is 0 Å². The van der Waals surface area contributed by atoms with Crippen LogP contribution < -0.4 is 0 Å². The van der Waals surface area contributed by atoms with Crippen molar-refractivity contribution >= 4 is 23.4 Å². The van der Waals surface area contributed by atoms with Crippen molar-refractivity contribution in [2.24, 2.45) is 29.6 Å². The largest absolute Gasteiger partial charge is 0.456 e. The number of ketones is 2. The van der Waals surface area contributed by atoms with Crippen LogP contribution in [0.2, 0.25) is 0 Å². The van der Waals surface area contributed by atoms with Crippen LogP contribution in [0.1, 0.15) is 112 Å². The zero-order chi connectivity index (χ0) is 41.5. The van der Waals surface area contributed by atoms with Gasteiger partial charge in [0, 0.05) is 52.0 Å². The number of hydrogen-bond acceptors (Lipinski definition) is 12. The molecule has 13 heteroatoms. The van der Waals surface area contributed by atoms with E-state index in [4.69, 9.17) is 23.7 Å². The van der Waals surface area contributed by atoms with Crippen LogP contribution in [0.15, 0.2) is 23.3 Å². The average molecular weight is 792 g/mol. The first kappa shape index (κ1) is 46.2. The number of cyclic esters (lactones) is 1. The normalized spacial score (nSPS) is 41.6. The van der Waals surface area contributed by atoms with Crippen LogP contribution in [0.3, 0.4) is 0 Å². The van der Waals surface area contributed by atoms with Gasteiger partial charge < -0.3 is 43.9 Å². The monoisotopic (exact) mass is 791 g/mol. The minimum Gasteiger partial charge on any atom is -0.456 e. The van der Waals surface area contributed by atoms with Crippen LogP contribution in [0.25, 0.3) is 0 Å². The second-order valence-electron chi connectivity index (χ2n) is 17.2. The number of Topliss-reactive ketones (excluding diaryl/α,β-unsaturated/α-hetero) is 2. The maximum atomic E-state index is 14.3. The Morgan fingerprint density at radius 3 is 2.21 bits per heavy atom. The molecule has 4 aliphatic rings. The summed E-state index contributed by atoms with van der Waals surface area (Å²) in [7, 11) is 4.63. The molecule has 3 N–H and O–H groups in total. The molecule has 0 radical (unpaired) electrons. The molecule has 3 fully saturated rings. The Morgan fingerprint density at radius 2 is 1.57 bits per heavy atom. The third kappa shape index (κ3) is 10.7. The Morgan fingerprint density at radius 1 is 0.911 bits per heavy atom. The van der Waals surface area contributed by atoms with E-state index in [1.165, 1.54) is 19.1 Å². The van der Waals surface area contributed by atoms with Gasteiger partial charge in [-0.15, -0.1) is 0 Å². The van der Waals surface area contributed by atoms with Gasteiger partial charge in [-0.1, -0.05) is 45.4 Å². The van der Waals surface area contributed by atoms with Gasteiger partial charge in [0.1, 0.15) is 24.0 Å². The van der Waals surface area contributed by atoms with Crippen molar-refractivity contribution in [3.63, 3.8) is 0 Å². The standard InChI is InChI=1S/C43H69NO12/c1-10-30-18-24(2)17-25(3)19-36(53-8)39-37(54-9)21-27(5)43(51,56-39)40(48)41(49)44-16-12-11-13-31(44)42(50)55-38(28(6)33(46)23-34(30)47)26(4)20-29-14-15-32(45)35(22-29)52-7/h18,20,25,27-33,35-39,45-46,51H,10-17,19,21-23H2,1-9H3/b24-18+,26-20+/t25-,27+,28+,29-,30+,31-,32+,33+,35+,36-,37-,38+,39+,43+/m0/s1. The number of nitrogens with zero attached hydrogens (tertiary/aromatic N) is 1. The number of piperidine rings is 1. The zero-order valence-corrected chi connectivity index (χ0v) is 35.1. The van der Waals surface area contributed by atoms with E-state index < -0.39 is 83.9 Å². The summed E-state index contributed by atoms with van der Waals surface area (Å²) in [5.41, 5.74) is 1.66. The second-order valence-corrected chi connectivity index (χ2v) is 17.2. The van der Waals surface area contributed by atoms with E-state index in [0.29, 0.717) is 56.9 Å². The Balaban J connectivity index is 1.76. The lowest BCUT2D eigenvalue weighted by Crippen LogP contribution is -2.64. The predicted octanol–water partition coefficient (Wildman–Crippen LogP) is 4.47. The fraction of sp³-hybridized carbons (Fsp3) is 0.814. The molecule has 4 rings (SSSR count). The van der Waals surface area contributed by atoms with Crippen LogP contribution in [0, 0.1) is 29.6 Å². The minimum absolute atomic E-state index is 0.000914. The molecule has 0 aromatic rings. The van der Waals surface area contributed by atoms with Gasteiger partial charge in [-0.05, 0) is 95.5 Å². The number of fused-ring (bicyclic) bond motifs is 3. The Hall–Kier alpha value is -2.52. The van der Waals surface area contributed by atoms with Gasteiger partial charge in [-0.2, -0.15) is 0 Å². The molecular weight excluding hydrogens is 722 g/mol. The Kier molecular flexibility index (Phi) is 16.9. The molecule has 0 aromatic heterocycles. The van der Waals surface area contributed by atoms with Crippen molar-refractivity contribution in [3.05, 3.63) is 23.3 Å². The molecule has 2 bridgehead atoms. The van der Waals surface area contributed by atoms with Crippen molar-refractivity contribution < 1.29 is 58.2 Å².